The third-order valence-electron chi connectivity index (χ3n) is 4.36. The molecule has 6 atom stereocenters. The van der Waals surface area contributed by atoms with Crippen molar-refractivity contribution in [3.63, 3.8) is 0 Å². The van der Waals surface area contributed by atoms with E-state index in [1.807, 2.05) is 24.9 Å². The molecule has 2 unspecified atom stereocenters. The van der Waals surface area contributed by atoms with Gasteiger partial charge in [0.2, 0.25) is 0 Å². The zero-order chi connectivity index (χ0) is 27.5. The number of aromatic nitrogens is 2. The summed E-state index contributed by atoms with van der Waals surface area (Å²) in [6.45, 7) is 2.77. The first-order valence-electron chi connectivity index (χ1n) is 9.95. The van der Waals surface area contributed by atoms with Gasteiger partial charge in [0.25, 0.3) is 5.56 Å². The van der Waals surface area contributed by atoms with E-state index in [9.17, 15) is 38.4 Å². The smallest absolute Gasteiger partial charge is 0.387 e. The first-order chi connectivity index (χ1) is 16.4. The van der Waals surface area contributed by atoms with E-state index in [0.717, 1.165) is 10.8 Å². The summed E-state index contributed by atoms with van der Waals surface area (Å²) in [5, 5.41) is 23.4. The monoisotopic (exact) mass is 581 g/mol. The van der Waals surface area contributed by atoms with Crippen LogP contribution < -0.4 is 16.6 Å². The van der Waals surface area contributed by atoms with Crippen LogP contribution in [0.25, 0.3) is 0 Å². The highest BCUT2D eigenvalue weighted by Crippen LogP contribution is 2.66. The summed E-state index contributed by atoms with van der Waals surface area (Å²) in [5.41, 5.74) is -1.67. The largest absolute Gasteiger partial charge is 0.490 e. The second-order valence-corrected chi connectivity index (χ2v) is 12.2. The first-order valence-corrected chi connectivity index (χ1v) is 14.5. The molecule has 1 aliphatic rings. The highest BCUT2D eigenvalue weighted by atomic mass is 31.3. The molecule has 1 saturated heterocycles. The van der Waals surface area contributed by atoms with Gasteiger partial charge in [0.05, 0.1) is 12.2 Å². The lowest BCUT2D eigenvalue weighted by Gasteiger charge is -2.19. The number of nitrogens with zero attached hydrogens (tertiary/aromatic N) is 1. The second kappa shape index (κ2) is 11.9. The molecule has 2 rings (SSSR count). The summed E-state index contributed by atoms with van der Waals surface area (Å²) in [4.78, 5) is 62.1. The minimum atomic E-state index is -5.76. The third kappa shape index (κ3) is 9.11. The SMILES string of the molecule is CC(C)C=CNCc1cn([C@@H]2O[C@H](COP(=O)(O)OP(=O)(O)OP(=O)(O)O)[C@@H](O)[C@H]2O)c(=O)[nH]c1=O. The lowest BCUT2D eigenvalue weighted by molar-refractivity contribution is -0.0543. The maximum atomic E-state index is 12.3. The number of hydrogen-bond donors (Lipinski definition) is 8. The molecule has 206 valence electrons. The Labute approximate surface area is 202 Å². The average molecular weight is 581 g/mol. The highest BCUT2D eigenvalue weighted by Gasteiger charge is 2.46. The molecule has 0 radical (unpaired) electrons. The zero-order valence-electron chi connectivity index (χ0n) is 18.7. The lowest BCUT2D eigenvalue weighted by atomic mass is 10.1. The van der Waals surface area contributed by atoms with Crippen LogP contribution in [0, 0.1) is 5.92 Å². The summed E-state index contributed by atoms with van der Waals surface area (Å²) < 4.78 is 51.5. The van der Waals surface area contributed by atoms with Gasteiger partial charge in [-0.25, -0.2) is 18.5 Å². The van der Waals surface area contributed by atoms with Crippen molar-refractivity contribution in [2.75, 3.05) is 6.61 Å². The first kappa shape index (κ1) is 30.7. The van der Waals surface area contributed by atoms with Crippen molar-refractivity contribution in [1.82, 2.24) is 14.9 Å². The van der Waals surface area contributed by atoms with Crippen LogP contribution in [0.1, 0.15) is 25.6 Å². The molecule has 1 aliphatic heterocycles. The molecule has 0 bridgehead atoms. The van der Waals surface area contributed by atoms with Gasteiger partial charge in [0.15, 0.2) is 6.23 Å². The molecule has 36 heavy (non-hydrogen) atoms. The number of phosphoric ester groups is 1. The van der Waals surface area contributed by atoms with E-state index in [2.05, 4.69) is 18.5 Å². The average Bonchev–Trinajstić information content (AvgIpc) is 2.96. The van der Waals surface area contributed by atoms with Crippen molar-refractivity contribution in [2.45, 2.75) is 44.9 Å². The summed E-state index contributed by atoms with van der Waals surface area (Å²) >= 11 is 0. The number of aliphatic hydroxyl groups excluding tert-OH is 2. The van der Waals surface area contributed by atoms with Crippen molar-refractivity contribution in [2.24, 2.45) is 5.92 Å². The Kier molecular flexibility index (Phi) is 10.2. The van der Waals surface area contributed by atoms with Crippen LogP contribution in [0.15, 0.2) is 28.1 Å². The molecular weight excluding hydrogens is 555 g/mol. The van der Waals surface area contributed by atoms with Crippen LogP contribution in [-0.4, -0.2) is 64.3 Å². The quantitative estimate of drug-likeness (QED) is 0.134. The number of H-pyrrole nitrogens is 1. The summed E-state index contributed by atoms with van der Waals surface area (Å²) in [7, 11) is -16.9. The molecule has 0 aromatic carbocycles. The highest BCUT2D eigenvalue weighted by molar-refractivity contribution is 7.66. The van der Waals surface area contributed by atoms with Crippen LogP contribution in [0.4, 0.5) is 0 Å². The summed E-state index contributed by atoms with van der Waals surface area (Å²) in [6, 6.07) is 0. The maximum absolute atomic E-state index is 12.3. The molecule has 1 aromatic heterocycles. The molecule has 1 fully saturated rings. The Morgan fingerprint density at radius 1 is 1.11 bits per heavy atom. The Bertz CT molecular complexity index is 1210. The number of nitrogens with one attached hydrogen (secondary N) is 2. The molecule has 1 aromatic rings. The molecule has 0 amide bonds. The standard InChI is InChI=1S/C15H26N3O15P3/c1-8(2)3-4-16-5-9-6-18(15(22)17-13(9)21)14-12(20)11(19)10(31-14)7-30-35(26,27)33-36(28,29)32-34(23,24)25/h3-4,6,8,10-12,14,16,19-20H,5,7H2,1-2H3,(H,26,27)(H,28,29)(H,17,21,22)(H2,23,24,25)/t10-,11-,12-,14-/m1/s1. The van der Waals surface area contributed by atoms with Gasteiger partial charge in [-0.2, -0.15) is 8.62 Å². The van der Waals surface area contributed by atoms with Crippen molar-refractivity contribution in [3.8, 4) is 0 Å². The number of hydrogen-bond acceptors (Lipinski definition) is 12. The molecule has 0 aliphatic carbocycles. The molecule has 18 nitrogen and oxygen atoms in total. The van der Waals surface area contributed by atoms with Gasteiger partial charge >= 0.3 is 29.2 Å². The van der Waals surface area contributed by atoms with Crippen LogP contribution >= 0.6 is 23.5 Å². The fourth-order valence-electron chi connectivity index (χ4n) is 2.84. The predicted octanol–water partition coefficient (Wildman–Crippen LogP) is -1.24. The molecule has 0 saturated carbocycles. The molecule has 8 N–H and O–H groups in total. The van der Waals surface area contributed by atoms with E-state index in [1.165, 1.54) is 0 Å². The third-order valence-corrected chi connectivity index (χ3v) is 8.16. The fraction of sp³-hybridized carbons (Fsp3) is 0.600. The van der Waals surface area contributed by atoms with Gasteiger partial charge in [-0.1, -0.05) is 19.9 Å². The minimum Gasteiger partial charge on any atom is -0.387 e. The van der Waals surface area contributed by atoms with Crippen LogP contribution in [0.5, 0.6) is 0 Å². The summed E-state index contributed by atoms with van der Waals surface area (Å²) in [5.74, 6) is 0.231. The van der Waals surface area contributed by atoms with Gasteiger partial charge in [-0.05, 0) is 12.1 Å². The summed E-state index contributed by atoms with van der Waals surface area (Å²) in [6.07, 6.45) is -2.34. The Hall–Kier alpha value is -1.49. The Morgan fingerprint density at radius 3 is 2.33 bits per heavy atom. The second-order valence-electron chi connectivity index (χ2n) is 7.74. The number of allylic oxidation sites excluding steroid dienone is 1. The number of aromatic amines is 1. The maximum Gasteiger partial charge on any atom is 0.490 e. The molecular formula is C15H26N3O15P3. The zero-order valence-corrected chi connectivity index (χ0v) is 21.4. The van der Waals surface area contributed by atoms with E-state index in [-0.39, 0.29) is 18.0 Å². The van der Waals surface area contributed by atoms with Crippen LogP contribution in [0.2, 0.25) is 0 Å². The lowest BCUT2D eigenvalue weighted by Crippen LogP contribution is -2.39. The van der Waals surface area contributed by atoms with Crippen LogP contribution in [0.3, 0.4) is 0 Å². The van der Waals surface area contributed by atoms with Gasteiger partial charge in [0.1, 0.15) is 18.3 Å². The minimum absolute atomic E-state index is 0.0142. The van der Waals surface area contributed by atoms with Gasteiger partial charge < -0.3 is 39.8 Å². The number of phosphoric acid groups is 3. The number of ether oxygens (including phenoxy) is 1. The van der Waals surface area contributed by atoms with Crippen molar-refractivity contribution < 1.29 is 61.4 Å². The van der Waals surface area contributed by atoms with Gasteiger partial charge in [-0.15, -0.1) is 0 Å². The van der Waals surface area contributed by atoms with Crippen molar-refractivity contribution >= 4 is 23.5 Å². The van der Waals surface area contributed by atoms with Crippen molar-refractivity contribution in [3.05, 3.63) is 44.9 Å². The topological polar surface area (TPSA) is 276 Å². The Balaban J connectivity index is 2.12. The molecule has 21 heteroatoms. The van der Waals surface area contributed by atoms with E-state index in [0.29, 0.717) is 0 Å². The fourth-order valence-corrected chi connectivity index (χ4v) is 5.87. The van der Waals surface area contributed by atoms with Gasteiger partial charge in [-0.3, -0.25) is 18.9 Å². The van der Waals surface area contributed by atoms with E-state index in [4.69, 9.17) is 19.4 Å². The van der Waals surface area contributed by atoms with Crippen LogP contribution in [-0.2, 0) is 38.1 Å². The van der Waals surface area contributed by atoms with E-state index in [1.54, 1.807) is 6.20 Å². The predicted molar refractivity (Wildman–Crippen MR) is 118 cm³/mol. The number of rotatable bonds is 12. The van der Waals surface area contributed by atoms with E-state index < -0.39 is 65.9 Å². The molecule has 0 spiro atoms. The normalized spacial score (nSPS) is 26.2. The Morgan fingerprint density at radius 2 is 1.75 bits per heavy atom. The molecule has 2 heterocycles. The number of aliphatic hydroxyl groups is 2. The van der Waals surface area contributed by atoms with Crippen molar-refractivity contribution in [1.29, 1.82) is 0 Å². The van der Waals surface area contributed by atoms with Gasteiger partial charge in [0, 0.05) is 12.7 Å². The van der Waals surface area contributed by atoms with E-state index >= 15 is 0 Å².